The van der Waals surface area contributed by atoms with E-state index in [4.69, 9.17) is 0 Å². The molecule has 0 saturated heterocycles. The quantitative estimate of drug-likeness (QED) is 0.718. The van der Waals surface area contributed by atoms with Gasteiger partial charge in [0.1, 0.15) is 11.5 Å². The number of carbonyl (C=O) groups is 1. The van der Waals surface area contributed by atoms with Crippen molar-refractivity contribution in [1.29, 1.82) is 0 Å². The number of nitrogens with zero attached hydrogens (tertiary/aromatic N) is 1. The Morgan fingerprint density at radius 2 is 1.68 bits per heavy atom. The van der Waals surface area contributed by atoms with E-state index in [1.165, 1.54) is 12.1 Å². The molecule has 1 amide bonds. The summed E-state index contributed by atoms with van der Waals surface area (Å²) in [5.41, 5.74) is 4.51. The minimum atomic E-state index is -0.317. The molecule has 0 bridgehead atoms. The van der Waals surface area contributed by atoms with Crippen LogP contribution in [-0.4, -0.2) is 10.9 Å². The van der Waals surface area contributed by atoms with Crippen LogP contribution < -0.4 is 10.6 Å². The second kappa shape index (κ2) is 7.13. The molecule has 0 unspecified atom stereocenters. The minimum absolute atomic E-state index is 0.276. The number of aryl methyl sites for hydroxylation is 2. The highest BCUT2D eigenvalue weighted by atomic mass is 19.1. The molecule has 2 N–H and O–H groups in total. The van der Waals surface area contributed by atoms with E-state index >= 15 is 0 Å². The maximum Gasteiger partial charge on any atom is 0.274 e. The van der Waals surface area contributed by atoms with E-state index in [-0.39, 0.29) is 11.7 Å². The van der Waals surface area contributed by atoms with E-state index in [0.29, 0.717) is 17.1 Å². The van der Waals surface area contributed by atoms with Crippen molar-refractivity contribution in [3.63, 3.8) is 0 Å². The lowest BCUT2D eigenvalue weighted by Gasteiger charge is -2.09. The number of carbonyl (C=O) groups excluding carboxylic acids is 1. The topological polar surface area (TPSA) is 54.0 Å². The molecule has 0 aliphatic rings. The van der Waals surface area contributed by atoms with Crippen molar-refractivity contribution in [3.05, 3.63) is 83.4 Å². The molecule has 2 aromatic carbocycles. The molecule has 3 rings (SSSR count). The molecule has 0 fully saturated rings. The van der Waals surface area contributed by atoms with Crippen molar-refractivity contribution >= 4 is 23.0 Å². The van der Waals surface area contributed by atoms with Crippen LogP contribution in [0.4, 0.5) is 21.5 Å². The molecule has 3 aromatic rings. The van der Waals surface area contributed by atoms with Crippen molar-refractivity contribution in [2.45, 2.75) is 13.8 Å². The maximum atomic E-state index is 13.2. The van der Waals surface area contributed by atoms with Crippen LogP contribution in [0.15, 0.2) is 60.8 Å². The first-order chi connectivity index (χ1) is 12.0. The molecule has 1 aromatic heterocycles. The fraction of sp³-hybridized carbons (Fsp3) is 0.100. The van der Waals surface area contributed by atoms with Gasteiger partial charge in [0.25, 0.3) is 5.91 Å². The third-order valence-electron chi connectivity index (χ3n) is 3.59. The van der Waals surface area contributed by atoms with E-state index in [9.17, 15) is 9.18 Å². The zero-order valence-corrected chi connectivity index (χ0v) is 14.0. The number of hydrogen-bond donors (Lipinski definition) is 2. The number of pyridine rings is 1. The Morgan fingerprint density at radius 1 is 0.920 bits per heavy atom. The van der Waals surface area contributed by atoms with Crippen molar-refractivity contribution < 1.29 is 9.18 Å². The summed E-state index contributed by atoms with van der Waals surface area (Å²) in [6, 6.07) is 15.4. The van der Waals surface area contributed by atoms with Crippen molar-refractivity contribution in [3.8, 4) is 0 Å². The molecule has 4 nitrogen and oxygen atoms in total. The first-order valence-electron chi connectivity index (χ1n) is 7.88. The van der Waals surface area contributed by atoms with Gasteiger partial charge in [0.15, 0.2) is 0 Å². The van der Waals surface area contributed by atoms with Crippen LogP contribution in [0.1, 0.15) is 21.6 Å². The van der Waals surface area contributed by atoms with Crippen LogP contribution in [0, 0.1) is 19.7 Å². The standard InChI is InChI=1S/C20H18FN3O/c1-13-8-14(2)10-18(9-13)24-20(25)19-7-6-17(12-22-19)23-16-5-3-4-15(21)11-16/h3-12,23H,1-2H3,(H,24,25). The van der Waals surface area contributed by atoms with Gasteiger partial charge in [-0.2, -0.15) is 0 Å². The smallest absolute Gasteiger partial charge is 0.274 e. The van der Waals surface area contributed by atoms with Gasteiger partial charge >= 0.3 is 0 Å². The molecular formula is C20H18FN3O. The van der Waals surface area contributed by atoms with E-state index in [1.54, 1.807) is 30.5 Å². The molecule has 0 spiro atoms. The number of anilines is 3. The predicted octanol–water partition coefficient (Wildman–Crippen LogP) is 4.83. The Labute approximate surface area is 145 Å². The summed E-state index contributed by atoms with van der Waals surface area (Å²) in [4.78, 5) is 16.5. The van der Waals surface area contributed by atoms with Gasteiger partial charge in [0.05, 0.1) is 11.9 Å². The summed E-state index contributed by atoms with van der Waals surface area (Å²) in [7, 11) is 0. The van der Waals surface area contributed by atoms with E-state index < -0.39 is 0 Å². The fourth-order valence-corrected chi connectivity index (χ4v) is 2.58. The highest BCUT2D eigenvalue weighted by molar-refractivity contribution is 6.03. The van der Waals surface area contributed by atoms with Crippen LogP contribution in [0.5, 0.6) is 0 Å². The van der Waals surface area contributed by atoms with Gasteiger partial charge in [0, 0.05) is 11.4 Å². The number of halogens is 1. The zero-order chi connectivity index (χ0) is 17.8. The van der Waals surface area contributed by atoms with Crippen molar-refractivity contribution in [1.82, 2.24) is 4.98 Å². The summed E-state index contributed by atoms with van der Waals surface area (Å²) in [6.45, 7) is 3.96. The molecule has 0 saturated carbocycles. The van der Waals surface area contributed by atoms with E-state index in [1.807, 2.05) is 32.0 Å². The van der Waals surface area contributed by atoms with Gasteiger partial charge in [-0.15, -0.1) is 0 Å². The lowest BCUT2D eigenvalue weighted by atomic mass is 10.1. The van der Waals surface area contributed by atoms with Gasteiger partial charge in [-0.1, -0.05) is 12.1 Å². The molecule has 5 heteroatoms. The highest BCUT2D eigenvalue weighted by Gasteiger charge is 2.08. The average molecular weight is 335 g/mol. The van der Waals surface area contributed by atoms with E-state index in [2.05, 4.69) is 15.6 Å². The maximum absolute atomic E-state index is 13.2. The zero-order valence-electron chi connectivity index (χ0n) is 14.0. The van der Waals surface area contributed by atoms with E-state index in [0.717, 1.165) is 16.8 Å². The van der Waals surface area contributed by atoms with Gasteiger partial charge in [-0.25, -0.2) is 9.37 Å². The molecular weight excluding hydrogens is 317 g/mol. The Morgan fingerprint density at radius 3 is 2.32 bits per heavy atom. The number of benzene rings is 2. The first kappa shape index (κ1) is 16.6. The molecule has 0 radical (unpaired) electrons. The second-order valence-electron chi connectivity index (χ2n) is 5.90. The predicted molar refractivity (Wildman–Crippen MR) is 97.8 cm³/mol. The number of aromatic nitrogens is 1. The SMILES string of the molecule is Cc1cc(C)cc(NC(=O)c2ccc(Nc3cccc(F)c3)cn2)c1. The molecule has 0 atom stereocenters. The van der Waals surface area contributed by atoms with Crippen LogP contribution in [0.2, 0.25) is 0 Å². The molecule has 126 valence electrons. The molecule has 0 aliphatic carbocycles. The first-order valence-corrected chi connectivity index (χ1v) is 7.88. The lowest BCUT2D eigenvalue weighted by Crippen LogP contribution is -2.13. The van der Waals surface area contributed by atoms with Gasteiger partial charge < -0.3 is 10.6 Å². The van der Waals surface area contributed by atoms with Gasteiger partial charge in [-0.3, -0.25) is 4.79 Å². The number of nitrogens with one attached hydrogen (secondary N) is 2. The molecule has 1 heterocycles. The summed E-state index contributed by atoms with van der Waals surface area (Å²) in [5, 5.41) is 5.89. The summed E-state index contributed by atoms with van der Waals surface area (Å²) in [5.74, 6) is -0.593. The molecule has 25 heavy (non-hydrogen) atoms. The summed E-state index contributed by atoms with van der Waals surface area (Å²) in [6.07, 6.45) is 1.54. The third kappa shape index (κ3) is 4.41. The fourth-order valence-electron chi connectivity index (χ4n) is 2.58. The Balaban J connectivity index is 1.70. The van der Waals surface area contributed by atoms with Crippen LogP contribution in [0.25, 0.3) is 0 Å². The summed E-state index contributed by atoms with van der Waals surface area (Å²) >= 11 is 0. The van der Waals surface area contributed by atoms with Crippen LogP contribution in [-0.2, 0) is 0 Å². The number of hydrogen-bond acceptors (Lipinski definition) is 3. The largest absolute Gasteiger partial charge is 0.354 e. The van der Waals surface area contributed by atoms with Crippen LogP contribution >= 0.6 is 0 Å². The normalized spacial score (nSPS) is 10.4. The Hall–Kier alpha value is -3.21. The third-order valence-corrected chi connectivity index (χ3v) is 3.59. The van der Waals surface area contributed by atoms with Crippen molar-refractivity contribution in [2.24, 2.45) is 0 Å². The monoisotopic (exact) mass is 335 g/mol. The number of amides is 1. The van der Waals surface area contributed by atoms with Crippen LogP contribution in [0.3, 0.4) is 0 Å². The lowest BCUT2D eigenvalue weighted by molar-refractivity contribution is 0.102. The Bertz CT molecular complexity index is 887. The number of rotatable bonds is 4. The van der Waals surface area contributed by atoms with Gasteiger partial charge in [-0.05, 0) is 67.4 Å². The summed E-state index contributed by atoms with van der Waals surface area (Å²) < 4.78 is 13.2. The Kier molecular flexibility index (Phi) is 4.75. The van der Waals surface area contributed by atoms with Crippen molar-refractivity contribution in [2.75, 3.05) is 10.6 Å². The second-order valence-corrected chi connectivity index (χ2v) is 5.90. The highest BCUT2D eigenvalue weighted by Crippen LogP contribution is 2.18. The molecule has 0 aliphatic heterocycles. The average Bonchev–Trinajstić information content (AvgIpc) is 2.54. The van der Waals surface area contributed by atoms with Gasteiger partial charge in [0.2, 0.25) is 0 Å². The minimum Gasteiger partial charge on any atom is -0.354 e.